The highest BCUT2D eigenvalue weighted by molar-refractivity contribution is 7.10. The average Bonchev–Trinajstić information content (AvgIpc) is 2.93. The van der Waals surface area contributed by atoms with E-state index in [0.29, 0.717) is 0 Å². The molecule has 1 heterocycles. The summed E-state index contributed by atoms with van der Waals surface area (Å²) < 4.78 is 10.8. The summed E-state index contributed by atoms with van der Waals surface area (Å²) in [5.74, 6) is 1.64. The molecule has 1 aromatic carbocycles. The van der Waals surface area contributed by atoms with Gasteiger partial charge in [0.2, 0.25) is 0 Å². The number of ether oxygens (including phenoxy) is 2. The van der Waals surface area contributed by atoms with Crippen LogP contribution in [0.1, 0.15) is 35.4 Å². The predicted octanol–water partition coefficient (Wildman–Crippen LogP) is 4.16. The lowest BCUT2D eigenvalue weighted by molar-refractivity contribution is 0.392. The fourth-order valence-electron chi connectivity index (χ4n) is 2.33. The van der Waals surface area contributed by atoms with Crippen molar-refractivity contribution in [1.82, 2.24) is 5.32 Å². The Labute approximate surface area is 130 Å². The maximum Gasteiger partial charge on any atom is 0.122 e. The van der Waals surface area contributed by atoms with Gasteiger partial charge in [-0.25, -0.2) is 0 Å². The van der Waals surface area contributed by atoms with Gasteiger partial charge in [0.1, 0.15) is 11.5 Å². The lowest BCUT2D eigenvalue weighted by Crippen LogP contribution is -2.22. The minimum absolute atomic E-state index is 0.166. The maximum absolute atomic E-state index is 5.39. The number of benzene rings is 1. The van der Waals surface area contributed by atoms with Crippen molar-refractivity contribution < 1.29 is 9.47 Å². The first-order valence-electron chi connectivity index (χ1n) is 7.19. The van der Waals surface area contributed by atoms with Crippen LogP contribution in [-0.4, -0.2) is 20.8 Å². The number of nitrogens with one attached hydrogen (secondary N) is 1. The third-order valence-corrected chi connectivity index (χ3v) is 4.27. The van der Waals surface area contributed by atoms with Gasteiger partial charge in [-0.05, 0) is 54.6 Å². The van der Waals surface area contributed by atoms with Crippen LogP contribution in [0, 0.1) is 6.92 Å². The Balaban J connectivity index is 2.40. The summed E-state index contributed by atoms with van der Waals surface area (Å²) in [6.45, 7) is 5.28. The van der Waals surface area contributed by atoms with E-state index in [2.05, 4.69) is 42.7 Å². The molecule has 0 saturated carbocycles. The zero-order valence-corrected chi connectivity index (χ0v) is 13.9. The molecule has 0 spiro atoms. The lowest BCUT2D eigenvalue weighted by atomic mass is 10.00. The summed E-state index contributed by atoms with van der Waals surface area (Å²) in [6, 6.07) is 8.45. The number of aryl methyl sites for hydroxylation is 1. The fraction of sp³-hybridized carbons (Fsp3) is 0.412. The van der Waals surface area contributed by atoms with E-state index in [-0.39, 0.29) is 6.04 Å². The lowest BCUT2D eigenvalue weighted by Gasteiger charge is -2.19. The Morgan fingerprint density at radius 1 is 1.05 bits per heavy atom. The molecular formula is C17H23NO2S. The molecule has 3 nitrogen and oxygen atoms in total. The molecule has 1 aromatic heterocycles. The first-order chi connectivity index (χ1) is 10.2. The van der Waals surface area contributed by atoms with Crippen LogP contribution in [0.4, 0.5) is 0 Å². The zero-order valence-electron chi connectivity index (χ0n) is 13.1. The average molecular weight is 305 g/mol. The van der Waals surface area contributed by atoms with Crippen LogP contribution in [0.25, 0.3) is 0 Å². The normalized spacial score (nSPS) is 12.2. The van der Waals surface area contributed by atoms with Crippen molar-refractivity contribution >= 4 is 11.3 Å². The molecule has 0 aliphatic heterocycles. The minimum atomic E-state index is 0.166. The van der Waals surface area contributed by atoms with Crippen molar-refractivity contribution in [2.45, 2.75) is 26.3 Å². The van der Waals surface area contributed by atoms with Gasteiger partial charge in [0.05, 0.1) is 20.3 Å². The number of rotatable bonds is 7. The molecule has 1 N–H and O–H groups in total. The van der Waals surface area contributed by atoms with Gasteiger partial charge in [0, 0.05) is 10.9 Å². The summed E-state index contributed by atoms with van der Waals surface area (Å²) in [7, 11) is 3.36. The van der Waals surface area contributed by atoms with Crippen LogP contribution in [0.5, 0.6) is 11.5 Å². The van der Waals surface area contributed by atoms with Crippen molar-refractivity contribution in [2.75, 3.05) is 20.8 Å². The number of methoxy groups -OCH3 is 2. The minimum Gasteiger partial charge on any atom is -0.497 e. The van der Waals surface area contributed by atoms with E-state index in [0.717, 1.165) is 30.0 Å². The van der Waals surface area contributed by atoms with Gasteiger partial charge < -0.3 is 14.8 Å². The molecule has 0 aliphatic carbocycles. The number of thiophene rings is 1. The molecular weight excluding hydrogens is 282 g/mol. The first kappa shape index (κ1) is 15.9. The molecule has 0 saturated heterocycles. The SMILES string of the molecule is CCCNC(c1cc(OC)cc(OC)c1)c1csc(C)c1. The second kappa shape index (κ2) is 7.48. The van der Waals surface area contributed by atoms with Crippen molar-refractivity contribution in [3.05, 3.63) is 45.6 Å². The highest BCUT2D eigenvalue weighted by atomic mass is 32.1. The van der Waals surface area contributed by atoms with E-state index in [9.17, 15) is 0 Å². The predicted molar refractivity (Wildman–Crippen MR) is 88.7 cm³/mol. The van der Waals surface area contributed by atoms with Crippen LogP contribution in [0.3, 0.4) is 0 Å². The molecule has 0 bridgehead atoms. The van der Waals surface area contributed by atoms with E-state index in [1.807, 2.05) is 6.07 Å². The van der Waals surface area contributed by atoms with Crippen molar-refractivity contribution in [1.29, 1.82) is 0 Å². The monoisotopic (exact) mass is 305 g/mol. The van der Waals surface area contributed by atoms with Crippen molar-refractivity contribution in [3.8, 4) is 11.5 Å². The summed E-state index contributed by atoms with van der Waals surface area (Å²) in [5, 5.41) is 5.83. The Morgan fingerprint density at radius 3 is 2.19 bits per heavy atom. The summed E-state index contributed by atoms with van der Waals surface area (Å²) in [6.07, 6.45) is 1.10. The molecule has 2 rings (SSSR count). The van der Waals surface area contributed by atoms with Crippen LogP contribution in [-0.2, 0) is 0 Å². The van der Waals surface area contributed by atoms with Gasteiger partial charge in [-0.1, -0.05) is 6.92 Å². The Hall–Kier alpha value is -1.52. The maximum atomic E-state index is 5.39. The molecule has 0 aliphatic rings. The second-order valence-electron chi connectivity index (χ2n) is 5.02. The summed E-state index contributed by atoms with van der Waals surface area (Å²) in [4.78, 5) is 1.32. The zero-order chi connectivity index (χ0) is 15.2. The third-order valence-electron chi connectivity index (χ3n) is 3.39. The summed E-state index contributed by atoms with van der Waals surface area (Å²) in [5.41, 5.74) is 2.46. The molecule has 21 heavy (non-hydrogen) atoms. The summed E-state index contributed by atoms with van der Waals surface area (Å²) >= 11 is 1.78. The van der Waals surface area contributed by atoms with Gasteiger partial charge in [-0.15, -0.1) is 11.3 Å². The number of hydrogen-bond donors (Lipinski definition) is 1. The van der Waals surface area contributed by atoms with E-state index in [1.54, 1.807) is 25.6 Å². The fourth-order valence-corrected chi connectivity index (χ4v) is 3.06. The van der Waals surface area contributed by atoms with Crippen LogP contribution in [0.15, 0.2) is 29.6 Å². The molecule has 0 fully saturated rings. The topological polar surface area (TPSA) is 30.5 Å². The quantitative estimate of drug-likeness (QED) is 0.833. The van der Waals surface area contributed by atoms with Gasteiger partial charge >= 0.3 is 0 Å². The van der Waals surface area contributed by atoms with E-state index < -0.39 is 0 Å². The van der Waals surface area contributed by atoms with Crippen molar-refractivity contribution in [3.63, 3.8) is 0 Å². The van der Waals surface area contributed by atoms with Gasteiger partial charge in [-0.2, -0.15) is 0 Å². The van der Waals surface area contributed by atoms with E-state index >= 15 is 0 Å². The highest BCUT2D eigenvalue weighted by Crippen LogP contribution is 2.31. The molecule has 1 atom stereocenters. The largest absolute Gasteiger partial charge is 0.497 e. The molecule has 0 radical (unpaired) electrons. The van der Waals surface area contributed by atoms with Crippen LogP contribution < -0.4 is 14.8 Å². The van der Waals surface area contributed by atoms with Crippen LogP contribution in [0.2, 0.25) is 0 Å². The van der Waals surface area contributed by atoms with Gasteiger partial charge in [0.15, 0.2) is 0 Å². The Kier molecular flexibility index (Phi) is 5.65. The molecule has 2 aromatic rings. The third kappa shape index (κ3) is 3.99. The Bertz CT molecular complexity index is 558. The first-order valence-corrected chi connectivity index (χ1v) is 8.07. The Morgan fingerprint density at radius 2 is 1.71 bits per heavy atom. The second-order valence-corrected chi connectivity index (χ2v) is 6.14. The molecule has 4 heteroatoms. The van der Waals surface area contributed by atoms with E-state index in [4.69, 9.17) is 9.47 Å². The highest BCUT2D eigenvalue weighted by Gasteiger charge is 2.16. The van der Waals surface area contributed by atoms with Crippen molar-refractivity contribution in [2.24, 2.45) is 0 Å². The molecule has 0 amide bonds. The van der Waals surface area contributed by atoms with Gasteiger partial charge in [0.25, 0.3) is 0 Å². The number of hydrogen-bond acceptors (Lipinski definition) is 4. The molecule has 114 valence electrons. The van der Waals surface area contributed by atoms with E-state index in [1.165, 1.54) is 10.4 Å². The van der Waals surface area contributed by atoms with Crippen LogP contribution >= 0.6 is 11.3 Å². The smallest absolute Gasteiger partial charge is 0.122 e. The standard InChI is InChI=1S/C17H23NO2S/c1-5-6-18-17(14-7-12(2)21-11-14)13-8-15(19-3)10-16(9-13)20-4/h7-11,17-18H,5-6H2,1-4H3. The van der Waals surface area contributed by atoms with Gasteiger partial charge in [-0.3, -0.25) is 0 Å². The molecule has 1 unspecified atom stereocenters.